The number of nitrogens with zero attached hydrogens (tertiary/aromatic N) is 2. The van der Waals surface area contributed by atoms with Crippen LogP contribution in [0.25, 0.3) is 10.9 Å². The molecule has 0 aliphatic rings. The summed E-state index contributed by atoms with van der Waals surface area (Å²) in [7, 11) is 0. The molecule has 4 rings (SSSR count). The van der Waals surface area contributed by atoms with E-state index in [1.54, 1.807) is 36.4 Å². The Bertz CT molecular complexity index is 1410. The van der Waals surface area contributed by atoms with E-state index in [1.807, 2.05) is 30.3 Å². The van der Waals surface area contributed by atoms with E-state index in [2.05, 4.69) is 5.32 Å². The number of aromatic nitrogens is 2. The fourth-order valence-electron chi connectivity index (χ4n) is 3.52. The molecule has 1 heterocycles. The molecule has 0 saturated carbocycles. The van der Waals surface area contributed by atoms with Crippen molar-refractivity contribution >= 4 is 45.7 Å². The lowest BCUT2D eigenvalue weighted by atomic mass is 10.1. The fraction of sp³-hybridized carbons (Fsp3) is 0.125. The summed E-state index contributed by atoms with van der Waals surface area (Å²) < 4.78 is 2.50. The molecule has 6 nitrogen and oxygen atoms in total. The Morgan fingerprint density at radius 1 is 0.844 bits per heavy atom. The number of hydrogen-bond donors (Lipinski definition) is 1. The first-order valence-corrected chi connectivity index (χ1v) is 10.7. The van der Waals surface area contributed by atoms with Crippen LogP contribution in [-0.4, -0.2) is 15.0 Å². The minimum Gasteiger partial charge on any atom is -0.324 e. The summed E-state index contributed by atoms with van der Waals surface area (Å²) in [5, 5.41) is 3.77. The van der Waals surface area contributed by atoms with Gasteiger partial charge >= 0.3 is 5.69 Å². The molecule has 0 bridgehead atoms. The normalized spacial score (nSPS) is 10.9. The van der Waals surface area contributed by atoms with Gasteiger partial charge in [-0.3, -0.25) is 18.7 Å². The molecule has 1 N–H and O–H groups in total. The number of rotatable bonds is 6. The summed E-state index contributed by atoms with van der Waals surface area (Å²) in [4.78, 5) is 38.9. The summed E-state index contributed by atoms with van der Waals surface area (Å²) in [5.74, 6) is -0.427. The lowest BCUT2D eigenvalue weighted by Gasteiger charge is -2.14. The molecule has 0 fully saturated rings. The molecule has 8 heteroatoms. The molecule has 1 aromatic heterocycles. The van der Waals surface area contributed by atoms with Gasteiger partial charge in [-0.1, -0.05) is 65.7 Å². The van der Waals surface area contributed by atoms with E-state index in [1.165, 1.54) is 15.2 Å². The highest BCUT2D eigenvalue weighted by molar-refractivity contribution is 6.42. The summed E-state index contributed by atoms with van der Waals surface area (Å²) in [6, 6.07) is 21.1. The molecule has 0 radical (unpaired) electrons. The Balaban J connectivity index is 1.68. The number of fused-ring (bicyclic) bond motifs is 1. The zero-order chi connectivity index (χ0) is 22.7. The van der Waals surface area contributed by atoms with Gasteiger partial charge in [-0.2, -0.15) is 0 Å². The van der Waals surface area contributed by atoms with Gasteiger partial charge in [0.05, 0.1) is 20.9 Å². The molecule has 162 valence electrons. The molecule has 0 aliphatic carbocycles. The SMILES string of the molecule is O=C(Cn1c(=O)n(CCc2ccccc2)c(=O)c2ccccc21)Nc1ccc(Cl)c(Cl)c1. The number of halogens is 2. The Morgan fingerprint density at radius 3 is 2.31 bits per heavy atom. The van der Waals surface area contributed by atoms with Gasteiger partial charge < -0.3 is 5.32 Å². The maximum absolute atomic E-state index is 13.2. The second-order valence-corrected chi connectivity index (χ2v) is 8.07. The number of para-hydroxylation sites is 1. The number of nitrogens with one attached hydrogen (secondary N) is 1. The molecule has 1 amide bonds. The topological polar surface area (TPSA) is 73.1 Å². The van der Waals surface area contributed by atoms with E-state index in [9.17, 15) is 14.4 Å². The van der Waals surface area contributed by atoms with Crippen molar-refractivity contribution in [2.24, 2.45) is 0 Å². The van der Waals surface area contributed by atoms with E-state index in [4.69, 9.17) is 23.2 Å². The van der Waals surface area contributed by atoms with E-state index >= 15 is 0 Å². The first-order valence-electron chi connectivity index (χ1n) is 9.95. The smallest absolute Gasteiger partial charge is 0.324 e. The van der Waals surface area contributed by atoms with Crippen LogP contribution in [0.15, 0.2) is 82.4 Å². The Morgan fingerprint density at radius 2 is 1.56 bits per heavy atom. The van der Waals surface area contributed by atoms with Crippen LogP contribution in [0.5, 0.6) is 0 Å². The second-order valence-electron chi connectivity index (χ2n) is 7.26. The number of anilines is 1. The lowest BCUT2D eigenvalue weighted by Crippen LogP contribution is -2.42. The maximum Gasteiger partial charge on any atom is 0.331 e. The van der Waals surface area contributed by atoms with Crippen LogP contribution in [0.2, 0.25) is 10.0 Å². The zero-order valence-corrected chi connectivity index (χ0v) is 18.4. The van der Waals surface area contributed by atoms with Crippen LogP contribution in [0.1, 0.15) is 5.56 Å². The zero-order valence-electron chi connectivity index (χ0n) is 16.9. The first kappa shape index (κ1) is 21.9. The standard InChI is InChI=1S/C24H19Cl2N3O3/c25-19-11-10-17(14-20(19)26)27-22(30)15-29-21-9-5-4-8-18(21)23(31)28(24(29)32)13-12-16-6-2-1-3-7-16/h1-11,14H,12-13,15H2,(H,27,30). The van der Waals surface area contributed by atoms with Crippen molar-refractivity contribution in [3.63, 3.8) is 0 Å². The first-order chi connectivity index (χ1) is 15.4. The molecule has 3 aromatic carbocycles. The van der Waals surface area contributed by atoms with E-state index in [-0.39, 0.29) is 18.6 Å². The number of carbonyl (C=O) groups excluding carboxylic acids is 1. The largest absolute Gasteiger partial charge is 0.331 e. The molecule has 0 atom stereocenters. The van der Waals surface area contributed by atoms with Crippen molar-refractivity contribution in [3.05, 3.63) is 109 Å². The van der Waals surface area contributed by atoms with Crippen LogP contribution < -0.4 is 16.6 Å². The molecule has 32 heavy (non-hydrogen) atoms. The third-order valence-corrected chi connectivity index (χ3v) is 5.84. The third-order valence-electron chi connectivity index (χ3n) is 5.10. The minimum absolute atomic E-state index is 0.209. The van der Waals surface area contributed by atoms with Crippen molar-refractivity contribution < 1.29 is 4.79 Å². The summed E-state index contributed by atoms with van der Waals surface area (Å²) >= 11 is 11.9. The number of carbonyl (C=O) groups is 1. The highest BCUT2D eigenvalue weighted by atomic mass is 35.5. The Labute approximate surface area is 193 Å². The molecular weight excluding hydrogens is 449 g/mol. The van der Waals surface area contributed by atoms with Gasteiger partial charge in [0.1, 0.15) is 6.54 Å². The predicted molar refractivity (Wildman–Crippen MR) is 128 cm³/mol. The van der Waals surface area contributed by atoms with Gasteiger partial charge in [-0.15, -0.1) is 0 Å². The molecule has 4 aromatic rings. The third kappa shape index (κ3) is 4.61. The minimum atomic E-state index is -0.533. The summed E-state index contributed by atoms with van der Waals surface area (Å²) in [5.41, 5.74) is 0.967. The van der Waals surface area contributed by atoms with Crippen LogP contribution in [0, 0.1) is 0 Å². The maximum atomic E-state index is 13.2. The van der Waals surface area contributed by atoms with Crippen molar-refractivity contribution in [2.45, 2.75) is 19.5 Å². The van der Waals surface area contributed by atoms with Crippen LogP contribution in [-0.2, 0) is 24.3 Å². The highest BCUT2D eigenvalue weighted by Gasteiger charge is 2.15. The van der Waals surface area contributed by atoms with Gasteiger partial charge in [0.25, 0.3) is 5.56 Å². The van der Waals surface area contributed by atoms with Gasteiger partial charge in [0, 0.05) is 12.2 Å². The Hall–Kier alpha value is -3.35. The van der Waals surface area contributed by atoms with Crippen molar-refractivity contribution in [3.8, 4) is 0 Å². The monoisotopic (exact) mass is 467 g/mol. The lowest BCUT2D eigenvalue weighted by molar-refractivity contribution is -0.116. The van der Waals surface area contributed by atoms with Gasteiger partial charge in [0.2, 0.25) is 5.91 Å². The molecular formula is C24H19Cl2N3O3. The average Bonchev–Trinajstić information content (AvgIpc) is 2.80. The number of amides is 1. The van der Waals surface area contributed by atoms with E-state index < -0.39 is 11.6 Å². The number of hydrogen-bond acceptors (Lipinski definition) is 3. The van der Waals surface area contributed by atoms with Crippen LogP contribution >= 0.6 is 23.2 Å². The van der Waals surface area contributed by atoms with Gasteiger partial charge in [-0.05, 0) is 42.3 Å². The molecule has 0 saturated heterocycles. The second kappa shape index (κ2) is 9.42. The van der Waals surface area contributed by atoms with Crippen LogP contribution in [0.3, 0.4) is 0 Å². The van der Waals surface area contributed by atoms with Crippen molar-refractivity contribution in [2.75, 3.05) is 5.32 Å². The average molecular weight is 468 g/mol. The predicted octanol–water partition coefficient (Wildman–Crippen LogP) is 4.35. The van der Waals surface area contributed by atoms with Gasteiger partial charge in [-0.25, -0.2) is 4.79 Å². The molecule has 0 spiro atoms. The number of benzene rings is 3. The van der Waals surface area contributed by atoms with Crippen molar-refractivity contribution in [1.29, 1.82) is 0 Å². The number of aryl methyl sites for hydroxylation is 1. The summed E-state index contributed by atoms with van der Waals surface area (Å²) in [6.45, 7) is -0.0495. The summed E-state index contributed by atoms with van der Waals surface area (Å²) in [6.07, 6.45) is 0.518. The van der Waals surface area contributed by atoms with E-state index in [0.717, 1.165) is 5.56 Å². The van der Waals surface area contributed by atoms with Gasteiger partial charge in [0.15, 0.2) is 0 Å². The van der Waals surface area contributed by atoms with E-state index in [0.29, 0.717) is 33.1 Å². The Kier molecular flexibility index (Phi) is 6.44. The quantitative estimate of drug-likeness (QED) is 0.457. The highest BCUT2D eigenvalue weighted by Crippen LogP contribution is 2.25. The molecule has 0 unspecified atom stereocenters. The van der Waals surface area contributed by atoms with Crippen LogP contribution in [0.4, 0.5) is 5.69 Å². The fourth-order valence-corrected chi connectivity index (χ4v) is 3.82. The molecule has 0 aliphatic heterocycles. The van der Waals surface area contributed by atoms with Crippen molar-refractivity contribution in [1.82, 2.24) is 9.13 Å².